The highest BCUT2D eigenvalue weighted by Crippen LogP contribution is 2.26. The van der Waals surface area contributed by atoms with E-state index in [1.807, 2.05) is 0 Å². The van der Waals surface area contributed by atoms with E-state index in [2.05, 4.69) is 5.32 Å². The van der Waals surface area contributed by atoms with Crippen molar-refractivity contribution in [2.75, 3.05) is 0 Å². The van der Waals surface area contributed by atoms with Crippen LogP contribution in [-0.2, 0) is 4.79 Å². The summed E-state index contributed by atoms with van der Waals surface area (Å²) < 4.78 is 0. The van der Waals surface area contributed by atoms with Crippen molar-refractivity contribution < 1.29 is 9.59 Å². The first kappa shape index (κ1) is 10.5. The highest BCUT2D eigenvalue weighted by atomic mass is 16.2. The van der Waals surface area contributed by atoms with Crippen LogP contribution in [0.4, 0.5) is 4.79 Å². The van der Waals surface area contributed by atoms with Crippen LogP contribution in [0.5, 0.6) is 0 Å². The molecule has 3 amide bonds. The van der Waals surface area contributed by atoms with Gasteiger partial charge in [0.25, 0.3) is 0 Å². The van der Waals surface area contributed by atoms with Crippen molar-refractivity contribution in [2.24, 2.45) is 0 Å². The Morgan fingerprint density at radius 1 is 1.13 bits per heavy atom. The van der Waals surface area contributed by atoms with E-state index < -0.39 is 0 Å². The van der Waals surface area contributed by atoms with Crippen LogP contribution in [-0.4, -0.2) is 29.4 Å². The van der Waals surface area contributed by atoms with E-state index in [0.29, 0.717) is 6.41 Å². The molecule has 0 bridgehead atoms. The Morgan fingerprint density at radius 2 is 1.80 bits per heavy atom. The average Bonchev–Trinajstić information content (AvgIpc) is 3.04. The van der Waals surface area contributed by atoms with Gasteiger partial charge in [0.05, 0.1) is 0 Å². The number of imide groups is 1. The van der Waals surface area contributed by atoms with Gasteiger partial charge in [0.2, 0.25) is 6.41 Å². The fourth-order valence-corrected chi connectivity index (χ4v) is 2.15. The van der Waals surface area contributed by atoms with Crippen molar-refractivity contribution in [1.82, 2.24) is 10.2 Å². The standard InChI is InChI=1S/C11H18N2O2/c14-8-13(10-6-7-10)11(15)12-9-4-2-1-3-5-9/h8-10H,1-7H2,(H,12,15). The number of rotatable bonds is 3. The molecule has 0 atom stereocenters. The molecule has 0 heterocycles. The Morgan fingerprint density at radius 3 is 2.33 bits per heavy atom. The van der Waals surface area contributed by atoms with E-state index in [4.69, 9.17) is 0 Å². The number of urea groups is 1. The monoisotopic (exact) mass is 210 g/mol. The van der Waals surface area contributed by atoms with Crippen molar-refractivity contribution in [3.8, 4) is 0 Å². The molecule has 2 rings (SSSR count). The average molecular weight is 210 g/mol. The minimum atomic E-state index is -0.195. The molecule has 0 aromatic carbocycles. The van der Waals surface area contributed by atoms with Crippen LogP contribution in [0, 0.1) is 0 Å². The second-order valence-corrected chi connectivity index (χ2v) is 4.53. The maximum Gasteiger partial charge on any atom is 0.324 e. The molecule has 2 aliphatic carbocycles. The van der Waals surface area contributed by atoms with Crippen LogP contribution < -0.4 is 5.32 Å². The molecular weight excluding hydrogens is 192 g/mol. The van der Waals surface area contributed by atoms with Crippen molar-refractivity contribution in [3.05, 3.63) is 0 Å². The fraction of sp³-hybridized carbons (Fsp3) is 0.818. The summed E-state index contributed by atoms with van der Waals surface area (Å²) in [5, 5.41) is 2.95. The van der Waals surface area contributed by atoms with Gasteiger partial charge in [0.15, 0.2) is 0 Å². The summed E-state index contributed by atoms with van der Waals surface area (Å²) in [7, 11) is 0. The molecule has 0 aliphatic heterocycles. The van der Waals surface area contributed by atoms with Gasteiger partial charge in [-0.15, -0.1) is 0 Å². The van der Waals surface area contributed by atoms with Gasteiger partial charge in [-0.2, -0.15) is 0 Å². The molecule has 15 heavy (non-hydrogen) atoms. The third-order valence-electron chi connectivity index (χ3n) is 3.22. The molecule has 0 unspecified atom stereocenters. The van der Waals surface area contributed by atoms with Gasteiger partial charge in [-0.3, -0.25) is 9.69 Å². The maximum absolute atomic E-state index is 11.7. The van der Waals surface area contributed by atoms with Gasteiger partial charge >= 0.3 is 6.03 Å². The molecule has 4 heteroatoms. The molecular formula is C11H18N2O2. The number of carbonyl (C=O) groups excluding carboxylic acids is 2. The zero-order valence-electron chi connectivity index (χ0n) is 8.95. The van der Waals surface area contributed by atoms with E-state index >= 15 is 0 Å². The first-order chi connectivity index (χ1) is 7.31. The molecule has 0 aromatic heterocycles. The summed E-state index contributed by atoms with van der Waals surface area (Å²) in [5.41, 5.74) is 0. The molecule has 0 aromatic rings. The first-order valence-corrected chi connectivity index (χ1v) is 5.85. The zero-order valence-corrected chi connectivity index (χ0v) is 8.95. The number of hydrogen-bond donors (Lipinski definition) is 1. The lowest BCUT2D eigenvalue weighted by molar-refractivity contribution is -0.116. The summed E-state index contributed by atoms with van der Waals surface area (Å²) in [6.45, 7) is 0. The highest BCUT2D eigenvalue weighted by molar-refractivity contribution is 5.85. The molecule has 2 fully saturated rings. The largest absolute Gasteiger partial charge is 0.335 e. The number of nitrogens with one attached hydrogen (secondary N) is 1. The van der Waals surface area contributed by atoms with Crippen molar-refractivity contribution in [1.29, 1.82) is 0 Å². The van der Waals surface area contributed by atoms with E-state index in [1.54, 1.807) is 0 Å². The normalized spacial score (nSPS) is 22.1. The Labute approximate surface area is 90.0 Å². The Kier molecular flexibility index (Phi) is 3.23. The van der Waals surface area contributed by atoms with E-state index in [9.17, 15) is 9.59 Å². The topological polar surface area (TPSA) is 49.4 Å². The minimum Gasteiger partial charge on any atom is -0.335 e. The third kappa shape index (κ3) is 2.70. The molecule has 1 N–H and O–H groups in total. The van der Waals surface area contributed by atoms with Gasteiger partial charge in [-0.1, -0.05) is 19.3 Å². The Bertz CT molecular complexity index is 245. The summed E-state index contributed by atoms with van der Waals surface area (Å²) in [6.07, 6.45) is 8.37. The summed E-state index contributed by atoms with van der Waals surface area (Å²) in [6, 6.07) is 0.262. The van der Waals surface area contributed by atoms with Crippen molar-refractivity contribution >= 4 is 12.4 Å². The van der Waals surface area contributed by atoms with Gasteiger partial charge in [0.1, 0.15) is 0 Å². The fourth-order valence-electron chi connectivity index (χ4n) is 2.15. The van der Waals surface area contributed by atoms with Crippen molar-refractivity contribution in [2.45, 2.75) is 57.0 Å². The van der Waals surface area contributed by atoms with Gasteiger partial charge in [-0.05, 0) is 25.7 Å². The smallest absolute Gasteiger partial charge is 0.324 e. The van der Waals surface area contributed by atoms with Crippen molar-refractivity contribution in [3.63, 3.8) is 0 Å². The minimum absolute atomic E-state index is 0.172. The molecule has 0 spiro atoms. The van der Waals surface area contributed by atoms with E-state index in [1.165, 1.54) is 24.2 Å². The predicted octanol–water partition coefficient (Wildman–Crippen LogP) is 1.65. The molecule has 2 aliphatic rings. The summed E-state index contributed by atoms with van der Waals surface area (Å²) >= 11 is 0. The van der Waals surface area contributed by atoms with Crippen LogP contribution in [0.15, 0.2) is 0 Å². The number of hydrogen-bond acceptors (Lipinski definition) is 2. The molecule has 0 saturated heterocycles. The van der Waals surface area contributed by atoms with E-state index in [-0.39, 0.29) is 18.1 Å². The Balaban J connectivity index is 1.81. The van der Waals surface area contributed by atoms with Gasteiger partial charge in [-0.25, -0.2) is 4.79 Å². The second kappa shape index (κ2) is 4.64. The van der Waals surface area contributed by atoms with Gasteiger partial charge < -0.3 is 5.32 Å². The number of amides is 3. The molecule has 84 valence electrons. The third-order valence-corrected chi connectivity index (χ3v) is 3.22. The zero-order chi connectivity index (χ0) is 10.7. The highest BCUT2D eigenvalue weighted by Gasteiger charge is 2.33. The number of nitrogens with zero attached hydrogens (tertiary/aromatic N) is 1. The van der Waals surface area contributed by atoms with Crippen LogP contribution in [0.25, 0.3) is 0 Å². The summed E-state index contributed by atoms with van der Waals surface area (Å²) in [4.78, 5) is 23.8. The summed E-state index contributed by atoms with van der Waals surface area (Å²) in [5.74, 6) is 0. The number of carbonyl (C=O) groups is 2. The lowest BCUT2D eigenvalue weighted by atomic mass is 9.96. The second-order valence-electron chi connectivity index (χ2n) is 4.53. The van der Waals surface area contributed by atoms with Crippen LogP contribution in [0.3, 0.4) is 0 Å². The van der Waals surface area contributed by atoms with Gasteiger partial charge in [0, 0.05) is 12.1 Å². The molecule has 0 radical (unpaired) electrons. The lowest BCUT2D eigenvalue weighted by Crippen LogP contribution is -2.45. The first-order valence-electron chi connectivity index (χ1n) is 5.85. The van der Waals surface area contributed by atoms with E-state index in [0.717, 1.165) is 25.7 Å². The predicted molar refractivity (Wildman–Crippen MR) is 56.3 cm³/mol. The van der Waals surface area contributed by atoms with Crippen LogP contribution in [0.1, 0.15) is 44.9 Å². The SMILES string of the molecule is O=CN(C(=O)NC1CCCCC1)C1CC1. The quantitative estimate of drug-likeness (QED) is 0.720. The van der Waals surface area contributed by atoms with Crippen LogP contribution in [0.2, 0.25) is 0 Å². The molecule has 2 saturated carbocycles. The Hall–Kier alpha value is -1.06. The van der Waals surface area contributed by atoms with Crippen LogP contribution >= 0.6 is 0 Å². The lowest BCUT2D eigenvalue weighted by Gasteiger charge is -2.25. The maximum atomic E-state index is 11.7. The molecule has 4 nitrogen and oxygen atoms in total.